The molecule has 2 aliphatic rings. The van der Waals surface area contributed by atoms with Crippen molar-refractivity contribution in [2.24, 2.45) is 0 Å². The van der Waals surface area contributed by atoms with Crippen molar-refractivity contribution >= 4 is 39.0 Å². The quantitative estimate of drug-likeness (QED) is 0.243. The zero-order valence-electron chi connectivity index (χ0n) is 25.2. The number of H-pyrrole nitrogens is 2. The molecule has 0 saturated carbocycles. The van der Waals surface area contributed by atoms with E-state index in [1.165, 1.54) is 22.5 Å². The van der Waals surface area contributed by atoms with Gasteiger partial charge in [-0.2, -0.15) is 9.40 Å². The third-order valence-corrected chi connectivity index (χ3v) is 10.1. The van der Waals surface area contributed by atoms with Gasteiger partial charge in [-0.05, 0) is 55.6 Å². The standard InChI is InChI=1S/C31H35FN8O4S/c1-31(2)19-40(45(43,44)22-7-4-6-20(32)16-22)18-24-27(31)36-37-28(24)35-29(41)23-10-9-21(39-14-12-38(3)13-15-39)17-26(23)34-30(42)25-8-5-11-33-25/h4-11,16-17,33H,12-15,18-19H2,1-3H3,(H,34,42)(H2,35,36,37,41). The van der Waals surface area contributed by atoms with E-state index in [9.17, 15) is 22.4 Å². The molecule has 2 aromatic heterocycles. The molecule has 2 aromatic carbocycles. The number of amides is 2. The Hall–Kier alpha value is -4.53. The van der Waals surface area contributed by atoms with E-state index in [0.717, 1.165) is 37.9 Å². The van der Waals surface area contributed by atoms with Gasteiger partial charge in [0.2, 0.25) is 10.0 Å². The Morgan fingerprint density at radius 3 is 2.47 bits per heavy atom. The summed E-state index contributed by atoms with van der Waals surface area (Å²) in [6.45, 7) is 7.16. The minimum atomic E-state index is -4.05. The van der Waals surface area contributed by atoms with Crippen LogP contribution < -0.4 is 15.5 Å². The number of carbonyl (C=O) groups is 2. The molecule has 14 heteroatoms. The van der Waals surface area contributed by atoms with Crippen LogP contribution in [0.5, 0.6) is 0 Å². The van der Waals surface area contributed by atoms with E-state index in [1.54, 1.807) is 30.5 Å². The zero-order chi connectivity index (χ0) is 31.9. The summed E-state index contributed by atoms with van der Waals surface area (Å²) in [5, 5.41) is 13.0. The van der Waals surface area contributed by atoms with Crippen LogP contribution in [0.2, 0.25) is 0 Å². The van der Waals surface area contributed by atoms with Gasteiger partial charge in [-0.3, -0.25) is 14.7 Å². The van der Waals surface area contributed by atoms with Gasteiger partial charge in [0.25, 0.3) is 11.8 Å². The maximum atomic E-state index is 13.9. The molecule has 1 fully saturated rings. The molecule has 0 radical (unpaired) electrons. The van der Waals surface area contributed by atoms with Crippen LogP contribution in [0.4, 0.5) is 21.6 Å². The lowest BCUT2D eigenvalue weighted by molar-refractivity contribution is 0.102. The van der Waals surface area contributed by atoms with E-state index in [4.69, 9.17) is 0 Å². The molecule has 45 heavy (non-hydrogen) atoms. The highest BCUT2D eigenvalue weighted by molar-refractivity contribution is 7.89. The molecule has 2 amide bonds. The molecule has 12 nitrogen and oxygen atoms in total. The normalized spacial score (nSPS) is 17.1. The van der Waals surface area contributed by atoms with Crippen molar-refractivity contribution in [3.05, 3.63) is 89.1 Å². The molecule has 0 spiro atoms. The monoisotopic (exact) mass is 634 g/mol. The number of benzene rings is 2. The van der Waals surface area contributed by atoms with Crippen LogP contribution >= 0.6 is 0 Å². The van der Waals surface area contributed by atoms with Gasteiger partial charge in [0, 0.05) is 67.8 Å². The average molecular weight is 635 g/mol. The Balaban J connectivity index is 1.30. The highest BCUT2D eigenvalue weighted by atomic mass is 32.2. The Kier molecular flexibility index (Phi) is 7.97. The first kappa shape index (κ1) is 30.5. The number of rotatable bonds is 7. The number of carbonyl (C=O) groups excluding carboxylic acids is 2. The first-order valence-corrected chi connectivity index (χ1v) is 16.0. The minimum Gasteiger partial charge on any atom is -0.369 e. The van der Waals surface area contributed by atoms with Crippen LogP contribution in [0.15, 0.2) is 65.7 Å². The number of hydrogen-bond donors (Lipinski definition) is 4. The largest absolute Gasteiger partial charge is 0.369 e. The number of aromatic amines is 2. The zero-order valence-corrected chi connectivity index (χ0v) is 26.0. The maximum absolute atomic E-state index is 13.9. The molecule has 2 aliphatic heterocycles. The van der Waals surface area contributed by atoms with Gasteiger partial charge in [-0.25, -0.2) is 12.8 Å². The Labute approximate surface area is 260 Å². The SMILES string of the molecule is CN1CCN(c2ccc(C(=O)Nc3n[nH]c4c3CN(S(=O)(=O)c3cccc(F)c3)CC4(C)C)c(NC(=O)c3ccc[nH]3)c2)CC1. The van der Waals surface area contributed by atoms with Crippen LogP contribution in [0.25, 0.3) is 0 Å². The second-order valence-electron chi connectivity index (χ2n) is 12.1. The first-order chi connectivity index (χ1) is 21.4. The number of sulfonamides is 1. The summed E-state index contributed by atoms with van der Waals surface area (Å²) in [5.74, 6) is -1.41. The number of aromatic nitrogens is 3. The highest BCUT2D eigenvalue weighted by Gasteiger charge is 2.41. The molecule has 0 aliphatic carbocycles. The molecule has 4 N–H and O–H groups in total. The average Bonchev–Trinajstić information content (AvgIpc) is 3.69. The smallest absolute Gasteiger partial charge is 0.272 e. The topological polar surface area (TPSA) is 147 Å². The Bertz CT molecular complexity index is 1850. The summed E-state index contributed by atoms with van der Waals surface area (Å²) < 4.78 is 42.3. The molecule has 0 bridgehead atoms. The van der Waals surface area contributed by atoms with Gasteiger partial charge in [-0.1, -0.05) is 19.9 Å². The van der Waals surface area contributed by atoms with Crippen LogP contribution in [0, 0.1) is 5.82 Å². The van der Waals surface area contributed by atoms with Gasteiger partial charge < -0.3 is 25.4 Å². The second-order valence-corrected chi connectivity index (χ2v) is 14.0. The van der Waals surface area contributed by atoms with Gasteiger partial charge in [0.05, 0.1) is 16.1 Å². The van der Waals surface area contributed by atoms with E-state index in [0.29, 0.717) is 22.6 Å². The molecule has 0 unspecified atom stereocenters. The van der Waals surface area contributed by atoms with Gasteiger partial charge in [0.1, 0.15) is 11.5 Å². The molecular weight excluding hydrogens is 599 g/mol. The molecule has 1 saturated heterocycles. The molecule has 6 rings (SSSR count). The van der Waals surface area contributed by atoms with Crippen LogP contribution in [0.3, 0.4) is 0 Å². The van der Waals surface area contributed by atoms with Crippen LogP contribution in [0.1, 0.15) is 46.0 Å². The summed E-state index contributed by atoms with van der Waals surface area (Å²) in [6.07, 6.45) is 1.64. The lowest BCUT2D eigenvalue weighted by atomic mass is 9.84. The number of nitrogens with zero attached hydrogens (tertiary/aromatic N) is 4. The van der Waals surface area contributed by atoms with Crippen molar-refractivity contribution in [1.82, 2.24) is 24.4 Å². The third-order valence-electron chi connectivity index (χ3n) is 8.32. The van der Waals surface area contributed by atoms with Crippen molar-refractivity contribution in [3.8, 4) is 0 Å². The number of hydrogen-bond acceptors (Lipinski definition) is 7. The van der Waals surface area contributed by atoms with E-state index >= 15 is 0 Å². The first-order valence-electron chi connectivity index (χ1n) is 14.6. The second kappa shape index (κ2) is 11.8. The summed E-state index contributed by atoms with van der Waals surface area (Å²) in [6, 6.07) is 13.5. The van der Waals surface area contributed by atoms with Crippen molar-refractivity contribution in [2.75, 3.05) is 55.3 Å². The molecular formula is C31H35FN8O4S. The van der Waals surface area contributed by atoms with Crippen LogP contribution in [-0.4, -0.2) is 84.4 Å². The fourth-order valence-corrected chi connectivity index (χ4v) is 7.41. The fourth-order valence-electron chi connectivity index (χ4n) is 5.81. The number of fused-ring (bicyclic) bond motifs is 1. The van der Waals surface area contributed by atoms with E-state index in [1.807, 2.05) is 19.9 Å². The number of nitrogens with one attached hydrogen (secondary N) is 4. The van der Waals surface area contributed by atoms with Crippen molar-refractivity contribution in [1.29, 1.82) is 0 Å². The predicted octanol–water partition coefficient (Wildman–Crippen LogP) is 3.62. The lowest BCUT2D eigenvalue weighted by Gasteiger charge is -2.36. The Morgan fingerprint density at radius 1 is 0.978 bits per heavy atom. The summed E-state index contributed by atoms with van der Waals surface area (Å²) in [5.41, 5.74) is 2.25. The lowest BCUT2D eigenvalue weighted by Crippen LogP contribution is -2.45. The summed E-state index contributed by atoms with van der Waals surface area (Å²) in [7, 11) is -1.99. The molecule has 0 atom stereocenters. The van der Waals surface area contributed by atoms with Gasteiger partial charge in [0.15, 0.2) is 5.82 Å². The predicted molar refractivity (Wildman–Crippen MR) is 168 cm³/mol. The third kappa shape index (κ3) is 6.08. The number of likely N-dealkylation sites (N-methyl/N-ethyl adjacent to an activating group) is 1. The summed E-state index contributed by atoms with van der Waals surface area (Å²) in [4.78, 5) is 34.0. The number of anilines is 3. The summed E-state index contributed by atoms with van der Waals surface area (Å²) >= 11 is 0. The van der Waals surface area contributed by atoms with E-state index in [2.05, 4.69) is 42.7 Å². The van der Waals surface area contributed by atoms with Gasteiger partial charge >= 0.3 is 0 Å². The molecule has 236 valence electrons. The fraction of sp³-hybridized carbons (Fsp3) is 0.323. The molecule has 4 aromatic rings. The maximum Gasteiger partial charge on any atom is 0.272 e. The van der Waals surface area contributed by atoms with Gasteiger partial charge in [-0.15, -0.1) is 0 Å². The van der Waals surface area contributed by atoms with E-state index in [-0.39, 0.29) is 29.4 Å². The van der Waals surface area contributed by atoms with Crippen molar-refractivity contribution in [3.63, 3.8) is 0 Å². The molecule has 4 heterocycles. The van der Waals surface area contributed by atoms with Crippen LogP contribution in [-0.2, 0) is 22.0 Å². The van der Waals surface area contributed by atoms with E-state index < -0.39 is 33.1 Å². The minimum absolute atomic E-state index is 0.0809. The Morgan fingerprint density at radius 2 is 1.76 bits per heavy atom. The van der Waals surface area contributed by atoms with Crippen molar-refractivity contribution < 1.29 is 22.4 Å². The van der Waals surface area contributed by atoms with Crippen molar-refractivity contribution in [2.45, 2.75) is 30.7 Å². The number of piperazine rings is 1. The highest BCUT2D eigenvalue weighted by Crippen LogP contribution is 2.38. The number of halogens is 1.